The number of sulfonamides is 1. The van der Waals surface area contributed by atoms with Crippen molar-refractivity contribution < 1.29 is 8.42 Å². The third-order valence-electron chi connectivity index (χ3n) is 3.24. The largest absolute Gasteiger partial charge is 0.397 e. The van der Waals surface area contributed by atoms with Crippen LogP contribution in [0.1, 0.15) is 16.0 Å². The molecule has 0 fully saturated rings. The molecule has 0 saturated carbocycles. The van der Waals surface area contributed by atoms with Gasteiger partial charge in [-0.25, -0.2) is 8.42 Å². The molecular formula is C14H18N2O2S2. The predicted octanol–water partition coefficient (Wildman–Crippen LogP) is 2.77. The maximum atomic E-state index is 12.7. The number of nitrogens with two attached hydrogens (primary N) is 1. The van der Waals surface area contributed by atoms with Crippen molar-refractivity contribution in [2.45, 2.75) is 25.3 Å². The van der Waals surface area contributed by atoms with Crippen molar-refractivity contribution in [3.05, 3.63) is 45.6 Å². The molecule has 6 heteroatoms. The van der Waals surface area contributed by atoms with Gasteiger partial charge < -0.3 is 5.73 Å². The Hall–Kier alpha value is -1.37. The van der Waals surface area contributed by atoms with Gasteiger partial charge in [0, 0.05) is 18.5 Å². The lowest BCUT2D eigenvalue weighted by atomic mass is 10.1. The standard InChI is InChI=1S/C14H18N2O2S2/c1-10-6-7-11(2)14(13(10)15)20(17,18)16(3)9-12-5-4-8-19-12/h4-8H,9,15H2,1-3H3. The van der Waals surface area contributed by atoms with Crippen molar-refractivity contribution in [1.82, 2.24) is 4.31 Å². The number of benzene rings is 1. The van der Waals surface area contributed by atoms with Crippen LogP contribution in [0.3, 0.4) is 0 Å². The van der Waals surface area contributed by atoms with E-state index in [1.807, 2.05) is 30.5 Å². The first-order valence-corrected chi connectivity index (χ1v) is 8.50. The predicted molar refractivity (Wildman–Crippen MR) is 83.3 cm³/mol. The lowest BCUT2D eigenvalue weighted by Crippen LogP contribution is -2.27. The van der Waals surface area contributed by atoms with Gasteiger partial charge in [0.1, 0.15) is 4.90 Å². The van der Waals surface area contributed by atoms with E-state index in [2.05, 4.69) is 0 Å². The lowest BCUT2D eigenvalue weighted by Gasteiger charge is -2.20. The van der Waals surface area contributed by atoms with E-state index in [-0.39, 0.29) is 4.90 Å². The van der Waals surface area contributed by atoms with E-state index in [0.717, 1.165) is 10.4 Å². The molecule has 0 aliphatic rings. The molecule has 2 aromatic rings. The number of rotatable bonds is 4. The smallest absolute Gasteiger partial charge is 0.245 e. The van der Waals surface area contributed by atoms with Crippen molar-refractivity contribution in [1.29, 1.82) is 0 Å². The molecule has 0 bridgehead atoms. The third kappa shape index (κ3) is 2.72. The molecule has 108 valence electrons. The highest BCUT2D eigenvalue weighted by Crippen LogP contribution is 2.29. The molecule has 0 aliphatic heterocycles. The van der Waals surface area contributed by atoms with Crippen LogP contribution in [-0.4, -0.2) is 19.8 Å². The summed E-state index contributed by atoms with van der Waals surface area (Å²) in [6.45, 7) is 3.93. The first-order valence-electron chi connectivity index (χ1n) is 6.18. The van der Waals surface area contributed by atoms with Gasteiger partial charge in [0.05, 0.1) is 5.69 Å². The number of thiophene rings is 1. The van der Waals surface area contributed by atoms with Crippen LogP contribution < -0.4 is 5.73 Å². The fraction of sp³-hybridized carbons (Fsp3) is 0.286. The van der Waals surface area contributed by atoms with E-state index >= 15 is 0 Å². The number of anilines is 1. The third-order valence-corrected chi connectivity index (χ3v) is 6.11. The van der Waals surface area contributed by atoms with Crippen LogP contribution in [-0.2, 0) is 16.6 Å². The second kappa shape index (κ2) is 5.55. The fourth-order valence-electron chi connectivity index (χ4n) is 2.01. The highest BCUT2D eigenvalue weighted by atomic mass is 32.2. The molecule has 2 N–H and O–H groups in total. The Morgan fingerprint density at radius 2 is 1.85 bits per heavy atom. The molecule has 0 saturated heterocycles. The van der Waals surface area contributed by atoms with E-state index in [0.29, 0.717) is 17.8 Å². The molecule has 20 heavy (non-hydrogen) atoms. The minimum absolute atomic E-state index is 0.219. The molecule has 0 atom stereocenters. The molecule has 1 heterocycles. The Morgan fingerprint density at radius 3 is 2.45 bits per heavy atom. The van der Waals surface area contributed by atoms with E-state index in [1.54, 1.807) is 20.0 Å². The monoisotopic (exact) mass is 310 g/mol. The second-order valence-corrected chi connectivity index (χ2v) is 7.80. The topological polar surface area (TPSA) is 63.4 Å². The van der Waals surface area contributed by atoms with E-state index < -0.39 is 10.0 Å². The maximum absolute atomic E-state index is 12.7. The molecule has 0 spiro atoms. The van der Waals surface area contributed by atoms with Crippen LogP contribution in [0.2, 0.25) is 0 Å². The summed E-state index contributed by atoms with van der Waals surface area (Å²) in [5.74, 6) is 0. The van der Waals surface area contributed by atoms with Gasteiger partial charge in [0.2, 0.25) is 10.0 Å². The first kappa shape index (κ1) is 15.0. The quantitative estimate of drug-likeness (QED) is 0.883. The van der Waals surface area contributed by atoms with Gasteiger partial charge in [-0.1, -0.05) is 18.2 Å². The van der Waals surface area contributed by atoms with Crippen LogP contribution >= 0.6 is 11.3 Å². The molecule has 4 nitrogen and oxygen atoms in total. The Kier molecular flexibility index (Phi) is 4.17. The summed E-state index contributed by atoms with van der Waals surface area (Å²) >= 11 is 1.54. The zero-order valence-electron chi connectivity index (χ0n) is 11.8. The van der Waals surface area contributed by atoms with Crippen molar-refractivity contribution in [2.75, 3.05) is 12.8 Å². The van der Waals surface area contributed by atoms with Crippen LogP contribution in [0.25, 0.3) is 0 Å². The molecule has 0 amide bonds. The fourth-order valence-corrected chi connectivity index (χ4v) is 4.39. The maximum Gasteiger partial charge on any atom is 0.245 e. The van der Waals surface area contributed by atoms with Gasteiger partial charge in [-0.2, -0.15) is 4.31 Å². The molecular weight excluding hydrogens is 292 g/mol. The Bertz CT molecular complexity index is 707. The number of nitrogens with zero attached hydrogens (tertiary/aromatic N) is 1. The summed E-state index contributed by atoms with van der Waals surface area (Å²) in [7, 11) is -2.00. The zero-order chi connectivity index (χ0) is 14.9. The number of hydrogen-bond acceptors (Lipinski definition) is 4. The van der Waals surface area contributed by atoms with Gasteiger partial charge >= 0.3 is 0 Å². The van der Waals surface area contributed by atoms with Crippen LogP contribution in [0.5, 0.6) is 0 Å². The summed E-state index contributed by atoms with van der Waals surface area (Å²) < 4.78 is 26.7. The summed E-state index contributed by atoms with van der Waals surface area (Å²) in [5.41, 5.74) is 7.76. The van der Waals surface area contributed by atoms with E-state index in [9.17, 15) is 8.42 Å². The first-order chi connectivity index (χ1) is 9.34. The molecule has 0 aliphatic carbocycles. The average molecular weight is 310 g/mol. The molecule has 2 rings (SSSR count). The zero-order valence-corrected chi connectivity index (χ0v) is 13.4. The Morgan fingerprint density at radius 1 is 1.20 bits per heavy atom. The SMILES string of the molecule is Cc1ccc(C)c(S(=O)(=O)N(C)Cc2cccs2)c1N. The number of aryl methyl sites for hydroxylation is 2. The highest BCUT2D eigenvalue weighted by Gasteiger charge is 2.26. The second-order valence-electron chi connectivity index (χ2n) is 4.78. The average Bonchev–Trinajstić information content (AvgIpc) is 2.87. The normalized spacial score (nSPS) is 12.0. The highest BCUT2D eigenvalue weighted by molar-refractivity contribution is 7.89. The van der Waals surface area contributed by atoms with Crippen molar-refractivity contribution >= 4 is 27.0 Å². The van der Waals surface area contributed by atoms with Gasteiger partial charge in [0.25, 0.3) is 0 Å². The minimum Gasteiger partial charge on any atom is -0.397 e. The number of nitrogen functional groups attached to an aromatic ring is 1. The van der Waals surface area contributed by atoms with E-state index in [4.69, 9.17) is 5.73 Å². The summed E-state index contributed by atoms with van der Waals surface area (Å²) in [5, 5.41) is 1.93. The minimum atomic E-state index is -3.58. The summed E-state index contributed by atoms with van der Waals surface area (Å²) in [6.07, 6.45) is 0. The van der Waals surface area contributed by atoms with Gasteiger partial charge in [-0.05, 0) is 36.4 Å². The van der Waals surface area contributed by atoms with Crippen LogP contribution in [0, 0.1) is 13.8 Å². The Balaban J connectivity index is 2.42. The van der Waals surface area contributed by atoms with Gasteiger partial charge in [-0.15, -0.1) is 11.3 Å². The van der Waals surface area contributed by atoms with Crippen molar-refractivity contribution in [3.8, 4) is 0 Å². The molecule has 1 aromatic heterocycles. The van der Waals surface area contributed by atoms with E-state index in [1.165, 1.54) is 15.6 Å². The summed E-state index contributed by atoms with van der Waals surface area (Å²) in [4.78, 5) is 1.22. The Labute approximate surface area is 123 Å². The lowest BCUT2D eigenvalue weighted by molar-refractivity contribution is 0.469. The molecule has 0 radical (unpaired) electrons. The van der Waals surface area contributed by atoms with Crippen LogP contribution in [0.15, 0.2) is 34.5 Å². The van der Waals surface area contributed by atoms with Gasteiger partial charge in [-0.3, -0.25) is 0 Å². The van der Waals surface area contributed by atoms with Crippen molar-refractivity contribution in [2.24, 2.45) is 0 Å². The summed E-state index contributed by atoms with van der Waals surface area (Å²) in [6, 6.07) is 7.45. The van der Waals surface area contributed by atoms with Crippen molar-refractivity contribution in [3.63, 3.8) is 0 Å². The van der Waals surface area contributed by atoms with Crippen LogP contribution in [0.4, 0.5) is 5.69 Å². The number of hydrogen-bond donors (Lipinski definition) is 1. The molecule has 0 unspecified atom stereocenters. The van der Waals surface area contributed by atoms with Gasteiger partial charge in [0.15, 0.2) is 0 Å². The molecule has 1 aromatic carbocycles.